The highest BCUT2D eigenvalue weighted by molar-refractivity contribution is 7.98. The van der Waals surface area contributed by atoms with E-state index >= 15 is 0 Å². The van der Waals surface area contributed by atoms with E-state index in [4.69, 9.17) is 9.15 Å². The standard InChI is InChI=1S/C22H17NO4S/c1-26-17-5-2-15(3-6-17)20-21(25)18-7-4-16(24)12-19(18)27-22(20)28-13-14-8-10-23-11-9-14/h2-12,24H,13H2,1H3. The molecule has 6 heteroatoms. The number of fused-ring (bicyclic) bond motifs is 1. The summed E-state index contributed by atoms with van der Waals surface area (Å²) in [6.07, 6.45) is 3.46. The van der Waals surface area contributed by atoms with Gasteiger partial charge in [0.1, 0.15) is 17.1 Å². The van der Waals surface area contributed by atoms with Gasteiger partial charge in [-0.25, -0.2) is 0 Å². The van der Waals surface area contributed by atoms with Crippen LogP contribution in [0.3, 0.4) is 0 Å². The Morgan fingerprint density at radius 3 is 2.54 bits per heavy atom. The molecule has 0 radical (unpaired) electrons. The molecule has 0 fully saturated rings. The lowest BCUT2D eigenvalue weighted by Crippen LogP contribution is -2.07. The maximum Gasteiger partial charge on any atom is 0.201 e. The van der Waals surface area contributed by atoms with E-state index in [0.29, 0.717) is 33.1 Å². The Balaban J connectivity index is 1.85. The van der Waals surface area contributed by atoms with Crippen molar-refractivity contribution in [3.63, 3.8) is 0 Å². The van der Waals surface area contributed by atoms with Gasteiger partial charge in [-0.3, -0.25) is 9.78 Å². The topological polar surface area (TPSA) is 72.6 Å². The van der Waals surface area contributed by atoms with E-state index < -0.39 is 0 Å². The smallest absolute Gasteiger partial charge is 0.201 e. The Morgan fingerprint density at radius 2 is 1.82 bits per heavy atom. The number of methoxy groups -OCH3 is 1. The van der Waals surface area contributed by atoms with E-state index in [9.17, 15) is 9.90 Å². The van der Waals surface area contributed by atoms with Crippen molar-refractivity contribution < 1.29 is 14.3 Å². The molecular formula is C22H17NO4S. The number of phenolic OH excluding ortho intramolecular Hbond substituents is 1. The molecule has 0 bridgehead atoms. The van der Waals surface area contributed by atoms with Crippen LogP contribution < -0.4 is 10.2 Å². The number of rotatable bonds is 5. The minimum Gasteiger partial charge on any atom is -0.508 e. The van der Waals surface area contributed by atoms with E-state index in [-0.39, 0.29) is 11.2 Å². The number of benzene rings is 2. The predicted molar refractivity (Wildman–Crippen MR) is 110 cm³/mol. The monoisotopic (exact) mass is 391 g/mol. The molecule has 4 aromatic rings. The fourth-order valence-corrected chi connectivity index (χ4v) is 3.89. The minimum atomic E-state index is -0.136. The van der Waals surface area contributed by atoms with Gasteiger partial charge < -0.3 is 14.3 Å². The molecule has 0 aliphatic heterocycles. The predicted octanol–water partition coefficient (Wildman–Crippen LogP) is 4.86. The third kappa shape index (κ3) is 3.59. The molecule has 0 saturated carbocycles. The number of hydrogen-bond donors (Lipinski definition) is 1. The van der Waals surface area contributed by atoms with Crippen LogP contribution in [-0.4, -0.2) is 17.2 Å². The van der Waals surface area contributed by atoms with Gasteiger partial charge >= 0.3 is 0 Å². The molecule has 2 aromatic carbocycles. The van der Waals surface area contributed by atoms with Crippen LogP contribution in [0, 0.1) is 0 Å². The summed E-state index contributed by atoms with van der Waals surface area (Å²) < 4.78 is 11.3. The summed E-state index contributed by atoms with van der Waals surface area (Å²) in [5.41, 5.74) is 2.55. The van der Waals surface area contributed by atoms with Gasteiger partial charge in [0.05, 0.1) is 18.1 Å². The van der Waals surface area contributed by atoms with Crippen molar-refractivity contribution in [1.82, 2.24) is 4.98 Å². The molecule has 4 rings (SSSR count). The number of hydrogen-bond acceptors (Lipinski definition) is 6. The number of nitrogens with zero attached hydrogens (tertiary/aromatic N) is 1. The van der Waals surface area contributed by atoms with Gasteiger partial charge in [-0.1, -0.05) is 23.9 Å². The van der Waals surface area contributed by atoms with E-state index in [0.717, 1.165) is 11.1 Å². The molecule has 5 nitrogen and oxygen atoms in total. The van der Waals surface area contributed by atoms with Crippen molar-refractivity contribution in [2.24, 2.45) is 0 Å². The molecule has 0 saturated heterocycles. The first-order valence-electron chi connectivity index (χ1n) is 8.61. The van der Waals surface area contributed by atoms with Crippen LogP contribution in [0.15, 0.2) is 81.3 Å². The molecule has 2 heterocycles. The van der Waals surface area contributed by atoms with Gasteiger partial charge in [-0.05, 0) is 47.5 Å². The number of thioether (sulfide) groups is 1. The van der Waals surface area contributed by atoms with Gasteiger partial charge in [-0.15, -0.1) is 0 Å². The molecule has 0 unspecified atom stereocenters. The van der Waals surface area contributed by atoms with Crippen LogP contribution in [0.2, 0.25) is 0 Å². The van der Waals surface area contributed by atoms with Crippen molar-refractivity contribution in [1.29, 1.82) is 0 Å². The van der Waals surface area contributed by atoms with Crippen LogP contribution in [0.1, 0.15) is 5.56 Å². The van der Waals surface area contributed by atoms with Crippen LogP contribution in [0.25, 0.3) is 22.1 Å². The SMILES string of the molecule is COc1ccc(-c2c(SCc3ccncc3)oc3cc(O)ccc3c2=O)cc1. The van der Waals surface area contributed by atoms with Crippen molar-refractivity contribution in [3.8, 4) is 22.6 Å². The van der Waals surface area contributed by atoms with Gasteiger partial charge in [0.25, 0.3) is 0 Å². The molecule has 0 atom stereocenters. The third-order valence-corrected chi connectivity index (χ3v) is 5.37. The zero-order chi connectivity index (χ0) is 19.5. The van der Waals surface area contributed by atoms with E-state index in [1.165, 1.54) is 23.9 Å². The van der Waals surface area contributed by atoms with Crippen LogP contribution >= 0.6 is 11.8 Å². The maximum absolute atomic E-state index is 13.2. The quantitative estimate of drug-likeness (QED) is 0.490. The summed E-state index contributed by atoms with van der Waals surface area (Å²) in [5.74, 6) is 1.39. The average molecular weight is 391 g/mol. The molecule has 0 spiro atoms. The number of phenols is 1. The fraction of sp³-hybridized carbons (Fsp3) is 0.0909. The molecule has 0 amide bonds. The zero-order valence-corrected chi connectivity index (χ0v) is 15.9. The number of ether oxygens (including phenoxy) is 1. The first-order valence-corrected chi connectivity index (χ1v) is 9.60. The Morgan fingerprint density at radius 1 is 1.07 bits per heavy atom. The first-order chi connectivity index (χ1) is 13.7. The Labute approximate surface area is 165 Å². The lowest BCUT2D eigenvalue weighted by atomic mass is 10.1. The fourth-order valence-electron chi connectivity index (χ4n) is 2.90. The van der Waals surface area contributed by atoms with Gasteiger partial charge in [0.2, 0.25) is 5.43 Å². The third-order valence-electron chi connectivity index (χ3n) is 4.34. The Kier molecular flexibility index (Phi) is 5.04. The Hall–Kier alpha value is -3.25. The van der Waals surface area contributed by atoms with Gasteiger partial charge in [-0.2, -0.15) is 0 Å². The van der Waals surface area contributed by atoms with Crippen molar-refractivity contribution in [2.75, 3.05) is 7.11 Å². The molecule has 28 heavy (non-hydrogen) atoms. The van der Waals surface area contributed by atoms with E-state index in [1.54, 1.807) is 25.6 Å². The lowest BCUT2D eigenvalue weighted by molar-refractivity contribution is 0.415. The summed E-state index contributed by atoms with van der Waals surface area (Å²) in [6, 6.07) is 15.7. The summed E-state index contributed by atoms with van der Waals surface area (Å²) in [7, 11) is 1.60. The van der Waals surface area contributed by atoms with Gasteiger partial charge in [0.15, 0.2) is 5.09 Å². The summed E-state index contributed by atoms with van der Waals surface area (Å²) in [4.78, 5) is 17.3. The van der Waals surface area contributed by atoms with Crippen LogP contribution in [0.5, 0.6) is 11.5 Å². The second-order valence-electron chi connectivity index (χ2n) is 6.15. The second-order valence-corrected chi connectivity index (χ2v) is 7.09. The maximum atomic E-state index is 13.2. The first kappa shape index (κ1) is 18.1. The van der Waals surface area contributed by atoms with Crippen molar-refractivity contribution in [3.05, 3.63) is 82.8 Å². The molecule has 1 N–H and O–H groups in total. The van der Waals surface area contributed by atoms with Crippen LogP contribution in [0.4, 0.5) is 0 Å². The average Bonchev–Trinajstić information content (AvgIpc) is 2.73. The second kappa shape index (κ2) is 7.78. The molecule has 2 aromatic heterocycles. The summed E-state index contributed by atoms with van der Waals surface area (Å²) in [5, 5.41) is 10.7. The highest BCUT2D eigenvalue weighted by Gasteiger charge is 2.17. The summed E-state index contributed by atoms with van der Waals surface area (Å²) in [6.45, 7) is 0. The molecule has 140 valence electrons. The highest BCUT2D eigenvalue weighted by Crippen LogP contribution is 2.35. The number of pyridine rings is 1. The zero-order valence-electron chi connectivity index (χ0n) is 15.1. The van der Waals surface area contributed by atoms with E-state index in [1.807, 2.05) is 36.4 Å². The number of aromatic hydroxyl groups is 1. The molecule has 0 aliphatic rings. The van der Waals surface area contributed by atoms with Crippen molar-refractivity contribution in [2.45, 2.75) is 10.8 Å². The minimum absolute atomic E-state index is 0.0536. The molecular weight excluding hydrogens is 374 g/mol. The normalized spacial score (nSPS) is 10.9. The lowest BCUT2D eigenvalue weighted by Gasteiger charge is -2.11. The Bertz CT molecular complexity index is 1170. The number of aromatic nitrogens is 1. The van der Waals surface area contributed by atoms with Gasteiger partial charge in [0, 0.05) is 24.2 Å². The van der Waals surface area contributed by atoms with E-state index in [2.05, 4.69) is 4.98 Å². The van der Waals surface area contributed by atoms with Crippen molar-refractivity contribution >= 4 is 22.7 Å². The highest BCUT2D eigenvalue weighted by atomic mass is 32.2. The largest absolute Gasteiger partial charge is 0.508 e. The summed E-state index contributed by atoms with van der Waals surface area (Å²) >= 11 is 1.43. The molecule has 0 aliphatic carbocycles. The van der Waals surface area contributed by atoms with Crippen LogP contribution in [-0.2, 0) is 5.75 Å².